The normalized spacial score (nSPS) is 11.7. The Labute approximate surface area is 304 Å². The van der Waals surface area contributed by atoms with Gasteiger partial charge in [0.15, 0.2) is 0 Å². The van der Waals surface area contributed by atoms with Crippen LogP contribution in [-0.2, 0) is 25.5 Å². The molecule has 0 aliphatic carbocycles. The minimum atomic E-state index is -2.00. The van der Waals surface area contributed by atoms with Crippen molar-refractivity contribution < 1.29 is 24.5 Å². The molecule has 1 radical (unpaired) electrons. The van der Waals surface area contributed by atoms with E-state index < -0.39 is 13.3 Å². The molecule has 0 aliphatic heterocycles. The SMILES string of the molecule is CC(C)(C)c1nccc2nc(-c3[c-]ccc4c3oc3c[c]([Ge]([CH3])([CH3])[CH3])ccc34)n(-c3ccccc3)c12.[Ir].[c-]1ccccc1-c1ccccn1. The molecule has 0 saturated carbocycles. The Kier molecular flexibility index (Phi) is 9.77. The summed E-state index contributed by atoms with van der Waals surface area (Å²) in [6, 6.07) is 43.5. The first-order valence-corrected chi connectivity index (χ1v) is 23.6. The van der Waals surface area contributed by atoms with Gasteiger partial charge in [-0.3, -0.25) is 0 Å². The van der Waals surface area contributed by atoms with E-state index in [1.54, 1.807) is 6.20 Å². The summed E-state index contributed by atoms with van der Waals surface area (Å²) >= 11 is -2.00. The van der Waals surface area contributed by atoms with Crippen molar-refractivity contribution in [2.75, 3.05) is 0 Å². The van der Waals surface area contributed by atoms with Crippen LogP contribution in [0.4, 0.5) is 0 Å². The monoisotopic (exact) mass is 881 g/mol. The Bertz CT molecular complexity index is 2320. The van der Waals surface area contributed by atoms with Crippen LogP contribution in [0.5, 0.6) is 0 Å². The third kappa shape index (κ3) is 6.91. The smallest absolute Gasteiger partial charge is 0.0160 e. The van der Waals surface area contributed by atoms with E-state index in [0.29, 0.717) is 0 Å². The molecule has 247 valence electrons. The van der Waals surface area contributed by atoms with E-state index in [1.807, 2.05) is 66.9 Å². The molecule has 0 N–H and O–H groups in total. The maximum atomic E-state index is 6.59. The van der Waals surface area contributed by atoms with Gasteiger partial charge in [-0.15, -0.1) is 35.9 Å². The first-order valence-electron chi connectivity index (χ1n) is 16.3. The van der Waals surface area contributed by atoms with Gasteiger partial charge in [-0.1, -0.05) is 12.1 Å². The van der Waals surface area contributed by atoms with Crippen molar-refractivity contribution in [3.05, 3.63) is 139 Å². The predicted molar refractivity (Wildman–Crippen MR) is 201 cm³/mol. The number of nitrogens with zero attached hydrogens (tertiary/aromatic N) is 4. The number of imidazole rings is 1. The molecule has 8 rings (SSSR count). The van der Waals surface area contributed by atoms with Gasteiger partial charge < -0.3 is 4.98 Å². The number of fused-ring (bicyclic) bond motifs is 4. The zero-order valence-electron chi connectivity index (χ0n) is 28.6. The van der Waals surface area contributed by atoms with Crippen molar-refractivity contribution in [2.45, 2.75) is 43.5 Å². The summed E-state index contributed by atoms with van der Waals surface area (Å²) < 4.78 is 10.2. The molecule has 0 saturated heterocycles. The number of hydrogen-bond acceptors (Lipinski definition) is 4. The number of hydrogen-bond donors (Lipinski definition) is 0. The molecule has 0 unspecified atom stereocenters. The maximum Gasteiger partial charge on any atom is 0.0160 e. The summed E-state index contributed by atoms with van der Waals surface area (Å²) in [5.41, 5.74) is 8.48. The zero-order chi connectivity index (χ0) is 33.5. The van der Waals surface area contributed by atoms with Crippen LogP contribution in [0.25, 0.3) is 61.3 Å². The molecule has 0 spiro atoms. The minimum Gasteiger partial charge on any atom is -0.305 e. The van der Waals surface area contributed by atoms with E-state index in [4.69, 9.17) is 14.4 Å². The summed E-state index contributed by atoms with van der Waals surface area (Å²) in [6.45, 7) is 6.58. The Hall–Kier alpha value is -4.36. The number of benzene rings is 4. The first kappa shape index (κ1) is 34.5. The van der Waals surface area contributed by atoms with E-state index in [9.17, 15) is 0 Å². The molecular formula is C42H38GeIrN4O-2. The largest absolute Gasteiger partial charge is 0.305 e. The Balaban J connectivity index is 0.000000270. The van der Waals surface area contributed by atoms with Crippen molar-refractivity contribution in [3.63, 3.8) is 0 Å². The standard InChI is InChI=1S/C31H30GeN3O.C11H8N.Ir/c1-31(2,3)29-27-25(17-18-33-29)34-30(35(27)21-11-8-7-9-12-21)24-14-10-13-23-22-16-15-20(32(4,5)6)19-26(22)36-28(23)24;1-2-6-10(7-3-1)11-8-4-5-9-12-11;/h7-13,15-19H,1-6H3;1-6,8-9H;/q2*-1;. The summed E-state index contributed by atoms with van der Waals surface area (Å²) in [7, 11) is 0. The van der Waals surface area contributed by atoms with Gasteiger partial charge in [0.2, 0.25) is 0 Å². The van der Waals surface area contributed by atoms with E-state index in [0.717, 1.165) is 67.0 Å². The molecule has 0 aliphatic rings. The first-order chi connectivity index (χ1) is 23.1. The molecule has 0 atom stereocenters. The van der Waals surface area contributed by atoms with E-state index in [1.165, 1.54) is 4.40 Å². The minimum absolute atomic E-state index is 0. The molecule has 8 aromatic rings. The molecule has 0 bridgehead atoms. The van der Waals surface area contributed by atoms with Crippen LogP contribution in [0, 0.1) is 12.1 Å². The van der Waals surface area contributed by atoms with Crippen molar-refractivity contribution in [1.82, 2.24) is 19.5 Å². The van der Waals surface area contributed by atoms with Gasteiger partial charge in [0.25, 0.3) is 0 Å². The van der Waals surface area contributed by atoms with E-state index >= 15 is 0 Å². The van der Waals surface area contributed by atoms with Crippen molar-refractivity contribution in [3.8, 4) is 28.3 Å². The number of aromatic nitrogens is 4. The van der Waals surface area contributed by atoms with Crippen LogP contribution in [0.1, 0.15) is 26.5 Å². The summed E-state index contributed by atoms with van der Waals surface area (Å²) in [6.07, 6.45) is 3.65. The topological polar surface area (TPSA) is 56.7 Å². The van der Waals surface area contributed by atoms with Crippen molar-refractivity contribution in [1.29, 1.82) is 0 Å². The van der Waals surface area contributed by atoms with Gasteiger partial charge in [-0.25, -0.2) is 0 Å². The molecule has 49 heavy (non-hydrogen) atoms. The molecule has 0 fully saturated rings. The average Bonchev–Trinajstić information content (AvgIpc) is 3.67. The predicted octanol–water partition coefficient (Wildman–Crippen LogP) is 10.2. The van der Waals surface area contributed by atoms with Gasteiger partial charge in [-0.2, -0.15) is 0 Å². The molecule has 4 aromatic heterocycles. The Morgan fingerprint density at radius 3 is 2.20 bits per heavy atom. The summed E-state index contributed by atoms with van der Waals surface area (Å²) in [5, 5.41) is 2.22. The Morgan fingerprint density at radius 1 is 0.735 bits per heavy atom. The molecule has 4 aromatic carbocycles. The molecular weight excluding hydrogens is 841 g/mol. The molecule has 0 amide bonds. The van der Waals surface area contributed by atoms with E-state index in [2.05, 4.69) is 108 Å². The van der Waals surface area contributed by atoms with Crippen molar-refractivity contribution in [2.24, 2.45) is 0 Å². The van der Waals surface area contributed by atoms with Gasteiger partial charge in [0.1, 0.15) is 0 Å². The fraction of sp³-hybridized carbons (Fsp3) is 0.167. The van der Waals surface area contributed by atoms with Gasteiger partial charge in [-0.05, 0) is 11.8 Å². The molecule has 5 nitrogen and oxygen atoms in total. The van der Waals surface area contributed by atoms with Crippen LogP contribution in [-0.4, -0.2) is 32.8 Å². The second kappa shape index (κ2) is 13.9. The van der Waals surface area contributed by atoms with Crippen LogP contribution in [0.2, 0.25) is 17.3 Å². The summed E-state index contributed by atoms with van der Waals surface area (Å²) in [5.74, 6) is 8.04. The third-order valence-corrected chi connectivity index (χ3v) is 12.7. The van der Waals surface area contributed by atoms with Crippen LogP contribution in [0.3, 0.4) is 0 Å². The quantitative estimate of drug-likeness (QED) is 0.131. The maximum absolute atomic E-state index is 6.59. The van der Waals surface area contributed by atoms with Crippen LogP contribution in [0.15, 0.2) is 126 Å². The average molecular weight is 880 g/mol. The number of rotatable bonds is 4. The van der Waals surface area contributed by atoms with Gasteiger partial charge >= 0.3 is 215 Å². The third-order valence-electron chi connectivity index (χ3n) is 8.46. The van der Waals surface area contributed by atoms with E-state index in [-0.39, 0.29) is 25.5 Å². The molecule has 7 heteroatoms. The fourth-order valence-corrected chi connectivity index (χ4v) is 8.43. The second-order valence-electron chi connectivity index (χ2n) is 14.0. The Morgan fingerprint density at radius 2 is 1.51 bits per heavy atom. The van der Waals surface area contributed by atoms with Gasteiger partial charge in [0, 0.05) is 26.3 Å². The van der Waals surface area contributed by atoms with Gasteiger partial charge in [0.05, 0.1) is 0 Å². The second-order valence-corrected chi connectivity index (χ2v) is 24.7. The molecule has 4 heterocycles. The zero-order valence-corrected chi connectivity index (χ0v) is 33.1. The number of para-hydroxylation sites is 1. The van der Waals surface area contributed by atoms with Crippen LogP contribution < -0.4 is 4.40 Å². The van der Waals surface area contributed by atoms with Crippen molar-refractivity contribution >= 4 is 50.6 Å². The number of pyridine rings is 2. The fourth-order valence-electron chi connectivity index (χ4n) is 6.02. The summed E-state index contributed by atoms with van der Waals surface area (Å²) in [4.78, 5) is 14.2. The number of furan rings is 1. The van der Waals surface area contributed by atoms with Crippen LogP contribution >= 0.6 is 0 Å².